The van der Waals surface area contributed by atoms with Crippen molar-refractivity contribution in [3.8, 4) is 0 Å². The second-order valence-corrected chi connectivity index (χ2v) is 9.43. The van der Waals surface area contributed by atoms with Gasteiger partial charge in [-0.3, -0.25) is 0 Å². The van der Waals surface area contributed by atoms with Crippen LogP contribution in [-0.2, 0) is 0 Å². The molecule has 1 nitrogen and oxygen atoms in total. The van der Waals surface area contributed by atoms with Gasteiger partial charge in [-0.15, -0.1) is 0 Å². The minimum absolute atomic E-state index is 0.251. The topological polar surface area (TPSA) is 20.2 Å². The number of alkyl halides is 1. The van der Waals surface area contributed by atoms with Gasteiger partial charge < -0.3 is 5.11 Å². The zero-order valence-electron chi connectivity index (χ0n) is 20.3. The van der Waals surface area contributed by atoms with Gasteiger partial charge in [0.1, 0.15) is 6.17 Å². The highest BCUT2D eigenvalue weighted by atomic mass is 19.1. The number of hydrogen-bond acceptors (Lipinski definition) is 1. The second-order valence-electron chi connectivity index (χ2n) is 9.43. The van der Waals surface area contributed by atoms with E-state index < -0.39 is 11.8 Å². The third-order valence-electron chi connectivity index (χ3n) is 7.25. The maximum absolute atomic E-state index is 13.1. The molecule has 0 heterocycles. The van der Waals surface area contributed by atoms with E-state index in [1.807, 2.05) is 32.1 Å². The van der Waals surface area contributed by atoms with Gasteiger partial charge in [0, 0.05) is 0 Å². The highest BCUT2D eigenvalue weighted by Crippen LogP contribution is 2.50. The molecule has 1 aliphatic rings. The Morgan fingerprint density at radius 1 is 1.30 bits per heavy atom. The van der Waals surface area contributed by atoms with Crippen LogP contribution in [0.1, 0.15) is 86.5 Å². The number of aliphatic hydroxyl groups is 1. The highest BCUT2D eigenvalue weighted by Gasteiger charge is 2.39. The third-order valence-corrected chi connectivity index (χ3v) is 7.25. The summed E-state index contributed by atoms with van der Waals surface area (Å²) in [6.07, 6.45) is 20.5. The van der Waals surface area contributed by atoms with Gasteiger partial charge in [-0.1, -0.05) is 89.3 Å². The first-order chi connectivity index (χ1) is 14.1. The van der Waals surface area contributed by atoms with E-state index in [0.717, 1.165) is 38.5 Å². The smallest absolute Gasteiger partial charge is 0.122 e. The minimum Gasteiger partial charge on any atom is -0.386 e. The number of halogens is 1. The zero-order chi connectivity index (χ0) is 22.8. The summed E-state index contributed by atoms with van der Waals surface area (Å²) in [5.74, 6) is 1.17. The highest BCUT2D eigenvalue weighted by molar-refractivity contribution is 5.25. The Morgan fingerprint density at radius 3 is 2.57 bits per heavy atom. The van der Waals surface area contributed by atoms with Crippen LogP contribution in [0.2, 0.25) is 0 Å². The van der Waals surface area contributed by atoms with Crippen molar-refractivity contribution in [2.24, 2.45) is 17.3 Å². The zero-order valence-corrected chi connectivity index (χ0v) is 20.3. The molecule has 0 aliphatic heterocycles. The number of unbranched alkanes of at least 4 members (excludes halogenated alkanes) is 1. The molecule has 0 aromatic heterocycles. The maximum Gasteiger partial charge on any atom is 0.122 e. The lowest BCUT2D eigenvalue weighted by Crippen LogP contribution is -2.26. The summed E-state index contributed by atoms with van der Waals surface area (Å²) in [5.41, 5.74) is 1.70. The SMILES string of the molecule is C=C(/C=C\C=C/CCC[C@]1(C)C([C@@H](C)C/C=C/C(O)(CC)CC)=CCC1C)[C@H](C)F. The van der Waals surface area contributed by atoms with Gasteiger partial charge in [0.2, 0.25) is 0 Å². The fourth-order valence-electron chi connectivity index (χ4n) is 4.41. The molecular formula is C28H45FO. The van der Waals surface area contributed by atoms with Crippen molar-refractivity contribution in [2.75, 3.05) is 0 Å². The minimum atomic E-state index is -0.988. The van der Waals surface area contributed by atoms with Crippen LogP contribution in [0.4, 0.5) is 4.39 Å². The van der Waals surface area contributed by atoms with E-state index in [2.05, 4.69) is 45.6 Å². The van der Waals surface area contributed by atoms with Gasteiger partial charge in [0.15, 0.2) is 0 Å². The lowest BCUT2D eigenvalue weighted by molar-refractivity contribution is 0.0824. The molecule has 1 aliphatic carbocycles. The monoisotopic (exact) mass is 416 g/mol. The van der Waals surface area contributed by atoms with Crippen LogP contribution in [0, 0.1) is 17.3 Å². The quantitative estimate of drug-likeness (QED) is 0.182. The standard InChI is InChI=1S/C28H45FO/c1-8-28(30,9-2)21-15-17-23(4)26-19-18-24(5)27(26,7)20-14-12-10-11-13-16-22(3)25(6)29/h10-11,13,15-16,19,21,23-25,30H,3,8-9,12,14,17-18,20H2,1-2,4-7H3/b11-10-,16-13-,21-15+/t23-,24?,25-,27-/m0/s1. The van der Waals surface area contributed by atoms with Crippen LogP contribution < -0.4 is 0 Å². The summed E-state index contributed by atoms with van der Waals surface area (Å²) in [6.45, 7) is 16.4. The number of allylic oxidation sites excluding steroid dienone is 8. The van der Waals surface area contributed by atoms with Gasteiger partial charge >= 0.3 is 0 Å². The van der Waals surface area contributed by atoms with E-state index >= 15 is 0 Å². The summed E-state index contributed by atoms with van der Waals surface area (Å²) in [7, 11) is 0. The molecule has 0 spiro atoms. The molecule has 1 unspecified atom stereocenters. The normalized spacial score (nSPS) is 24.8. The first kappa shape index (κ1) is 26.6. The average molecular weight is 417 g/mol. The Kier molecular flexibility index (Phi) is 11.0. The Bertz CT molecular complexity index is 648. The summed E-state index contributed by atoms with van der Waals surface area (Å²) in [5, 5.41) is 10.5. The summed E-state index contributed by atoms with van der Waals surface area (Å²) < 4.78 is 13.1. The lowest BCUT2D eigenvalue weighted by atomic mass is 9.69. The predicted molar refractivity (Wildman–Crippen MR) is 130 cm³/mol. The Hall–Kier alpha value is -1.41. The Balaban J connectivity index is 2.60. The molecule has 170 valence electrons. The van der Waals surface area contributed by atoms with E-state index in [9.17, 15) is 9.50 Å². The van der Waals surface area contributed by atoms with Gasteiger partial charge in [0.05, 0.1) is 5.60 Å². The van der Waals surface area contributed by atoms with Crippen molar-refractivity contribution in [3.05, 3.63) is 60.3 Å². The first-order valence-corrected chi connectivity index (χ1v) is 11.9. The number of hydrogen-bond donors (Lipinski definition) is 1. The largest absolute Gasteiger partial charge is 0.386 e. The maximum atomic E-state index is 13.1. The molecule has 2 heteroatoms. The molecule has 1 N–H and O–H groups in total. The van der Waals surface area contributed by atoms with Crippen LogP contribution in [0.3, 0.4) is 0 Å². The molecule has 0 bridgehead atoms. The Morgan fingerprint density at radius 2 is 1.97 bits per heavy atom. The molecule has 30 heavy (non-hydrogen) atoms. The van der Waals surface area contributed by atoms with E-state index in [0.29, 0.717) is 17.4 Å². The molecule has 0 radical (unpaired) electrons. The number of rotatable bonds is 13. The van der Waals surface area contributed by atoms with E-state index in [4.69, 9.17) is 0 Å². The van der Waals surface area contributed by atoms with Crippen molar-refractivity contribution < 1.29 is 9.50 Å². The molecule has 0 amide bonds. The summed E-state index contributed by atoms with van der Waals surface area (Å²) >= 11 is 0. The summed E-state index contributed by atoms with van der Waals surface area (Å²) in [4.78, 5) is 0. The van der Waals surface area contributed by atoms with Crippen LogP contribution in [-0.4, -0.2) is 16.9 Å². The molecule has 4 atom stereocenters. The molecule has 0 aromatic rings. The van der Waals surface area contributed by atoms with E-state index in [1.54, 1.807) is 11.6 Å². The molecular weight excluding hydrogens is 371 g/mol. The van der Waals surface area contributed by atoms with Crippen LogP contribution >= 0.6 is 0 Å². The molecule has 1 rings (SSSR count). The lowest BCUT2D eigenvalue weighted by Gasteiger charge is -2.36. The van der Waals surface area contributed by atoms with Gasteiger partial charge in [-0.2, -0.15) is 0 Å². The average Bonchev–Trinajstić information content (AvgIpc) is 3.01. The third kappa shape index (κ3) is 7.69. The van der Waals surface area contributed by atoms with Crippen molar-refractivity contribution in [2.45, 2.75) is 98.3 Å². The van der Waals surface area contributed by atoms with Crippen molar-refractivity contribution in [1.82, 2.24) is 0 Å². The molecule has 0 aromatic carbocycles. The van der Waals surface area contributed by atoms with Crippen LogP contribution in [0.5, 0.6) is 0 Å². The fraction of sp³-hybridized carbons (Fsp3) is 0.643. The van der Waals surface area contributed by atoms with Crippen molar-refractivity contribution >= 4 is 0 Å². The van der Waals surface area contributed by atoms with Gasteiger partial charge in [-0.05, 0) is 74.7 Å². The van der Waals surface area contributed by atoms with Gasteiger partial charge in [-0.25, -0.2) is 4.39 Å². The molecule has 0 fully saturated rings. The van der Waals surface area contributed by atoms with Crippen LogP contribution in [0.15, 0.2) is 60.3 Å². The Labute approximate surface area is 185 Å². The van der Waals surface area contributed by atoms with E-state index in [1.165, 1.54) is 13.3 Å². The summed E-state index contributed by atoms with van der Waals surface area (Å²) in [6, 6.07) is 0. The second kappa shape index (κ2) is 12.4. The van der Waals surface area contributed by atoms with Gasteiger partial charge in [0.25, 0.3) is 0 Å². The molecule has 0 saturated heterocycles. The van der Waals surface area contributed by atoms with E-state index in [-0.39, 0.29) is 5.41 Å². The first-order valence-electron chi connectivity index (χ1n) is 11.9. The van der Waals surface area contributed by atoms with Crippen LogP contribution in [0.25, 0.3) is 0 Å². The van der Waals surface area contributed by atoms with Crippen molar-refractivity contribution in [3.63, 3.8) is 0 Å². The fourth-order valence-corrected chi connectivity index (χ4v) is 4.41. The van der Waals surface area contributed by atoms with Crippen molar-refractivity contribution in [1.29, 1.82) is 0 Å². The predicted octanol–water partition coefficient (Wildman–Crippen LogP) is 8.29. The molecule has 0 saturated carbocycles.